The number of aryl methyl sites for hydroxylation is 2. The second-order valence-corrected chi connectivity index (χ2v) is 7.30. The molecule has 1 aromatic rings. The van der Waals surface area contributed by atoms with Gasteiger partial charge in [-0.3, -0.25) is 4.79 Å². The molecule has 5 nitrogen and oxygen atoms in total. The van der Waals surface area contributed by atoms with Crippen molar-refractivity contribution < 1.29 is 13.2 Å². The van der Waals surface area contributed by atoms with Crippen molar-refractivity contribution in [3.63, 3.8) is 0 Å². The summed E-state index contributed by atoms with van der Waals surface area (Å²) in [4.78, 5) is 12.1. The smallest absolute Gasteiger partial charge is 0.239 e. The summed E-state index contributed by atoms with van der Waals surface area (Å²) in [5.41, 5.74) is 2.72. The van der Waals surface area contributed by atoms with Gasteiger partial charge in [-0.25, -0.2) is 8.42 Å². The van der Waals surface area contributed by atoms with Gasteiger partial charge in [0.2, 0.25) is 15.9 Å². The van der Waals surface area contributed by atoms with Gasteiger partial charge in [0.1, 0.15) is 0 Å². The third-order valence-corrected chi connectivity index (χ3v) is 4.47. The summed E-state index contributed by atoms with van der Waals surface area (Å²) in [6.45, 7) is 6.05. The highest BCUT2D eigenvalue weighted by atomic mass is 32.2. The summed E-state index contributed by atoms with van der Waals surface area (Å²) in [5, 5.41) is 2.78. The molecular weight excluding hydrogens is 288 g/mol. The van der Waals surface area contributed by atoms with Crippen LogP contribution in [0.2, 0.25) is 0 Å². The maximum atomic E-state index is 12.1. The summed E-state index contributed by atoms with van der Waals surface area (Å²) < 4.78 is 24.6. The molecule has 0 aromatic heterocycles. The number of rotatable bonds is 7. The minimum Gasteiger partial charge on any atom is -0.325 e. The zero-order valence-electron chi connectivity index (χ0n) is 13.1. The van der Waals surface area contributed by atoms with Crippen molar-refractivity contribution in [2.24, 2.45) is 0 Å². The quantitative estimate of drug-likeness (QED) is 0.840. The number of unbranched alkanes of at least 4 members (excludes halogenated alkanes) is 1. The van der Waals surface area contributed by atoms with Crippen molar-refractivity contribution in [2.45, 2.75) is 33.6 Å². The number of anilines is 1. The maximum Gasteiger partial charge on any atom is 0.239 e. The molecule has 1 amide bonds. The van der Waals surface area contributed by atoms with Gasteiger partial charge in [0.25, 0.3) is 0 Å². The lowest BCUT2D eigenvalue weighted by Gasteiger charge is -2.19. The number of carbonyl (C=O) groups is 1. The van der Waals surface area contributed by atoms with Crippen molar-refractivity contribution in [3.8, 4) is 0 Å². The highest BCUT2D eigenvalue weighted by molar-refractivity contribution is 7.88. The Morgan fingerprint density at radius 2 is 1.95 bits per heavy atom. The van der Waals surface area contributed by atoms with Crippen LogP contribution in [0.5, 0.6) is 0 Å². The molecule has 6 heteroatoms. The molecule has 0 saturated carbocycles. The lowest BCUT2D eigenvalue weighted by atomic mass is 10.1. The maximum absolute atomic E-state index is 12.1. The average molecular weight is 312 g/mol. The Morgan fingerprint density at radius 1 is 1.29 bits per heavy atom. The number of amides is 1. The molecule has 0 radical (unpaired) electrons. The Morgan fingerprint density at radius 3 is 2.52 bits per heavy atom. The Kier molecular flexibility index (Phi) is 6.36. The molecule has 0 aliphatic rings. The number of nitrogens with one attached hydrogen (secondary N) is 1. The number of carbonyl (C=O) groups excluding carboxylic acids is 1. The van der Waals surface area contributed by atoms with Crippen LogP contribution in [0.25, 0.3) is 0 Å². The zero-order valence-corrected chi connectivity index (χ0v) is 14.0. The van der Waals surface area contributed by atoms with E-state index in [0.717, 1.165) is 35.9 Å². The normalized spacial score (nSPS) is 11.7. The van der Waals surface area contributed by atoms with Crippen LogP contribution >= 0.6 is 0 Å². The van der Waals surface area contributed by atoms with Crippen molar-refractivity contribution in [3.05, 3.63) is 29.3 Å². The monoisotopic (exact) mass is 312 g/mol. The molecule has 0 fully saturated rings. The lowest BCUT2D eigenvalue weighted by Crippen LogP contribution is -2.38. The second-order valence-electron chi connectivity index (χ2n) is 5.32. The topological polar surface area (TPSA) is 66.5 Å². The van der Waals surface area contributed by atoms with Crippen molar-refractivity contribution in [1.29, 1.82) is 0 Å². The first kappa shape index (κ1) is 17.7. The van der Waals surface area contributed by atoms with Crippen LogP contribution in [0.3, 0.4) is 0 Å². The molecule has 21 heavy (non-hydrogen) atoms. The van der Waals surface area contributed by atoms with Gasteiger partial charge in [-0.15, -0.1) is 0 Å². The fourth-order valence-corrected chi connectivity index (χ4v) is 2.73. The van der Waals surface area contributed by atoms with E-state index in [9.17, 15) is 13.2 Å². The van der Waals surface area contributed by atoms with Crippen molar-refractivity contribution in [1.82, 2.24) is 4.31 Å². The van der Waals surface area contributed by atoms with Crippen LogP contribution in [-0.4, -0.2) is 38.0 Å². The van der Waals surface area contributed by atoms with E-state index in [-0.39, 0.29) is 12.5 Å². The van der Waals surface area contributed by atoms with Gasteiger partial charge < -0.3 is 5.32 Å². The molecule has 118 valence electrons. The number of hydrogen-bond acceptors (Lipinski definition) is 3. The van der Waals surface area contributed by atoms with Gasteiger partial charge in [0, 0.05) is 12.2 Å². The molecule has 1 rings (SSSR count). The molecule has 0 heterocycles. The van der Waals surface area contributed by atoms with Crippen LogP contribution in [0.1, 0.15) is 30.9 Å². The third kappa shape index (κ3) is 5.85. The summed E-state index contributed by atoms with van der Waals surface area (Å²) in [6, 6.07) is 5.77. The molecule has 0 spiro atoms. The van der Waals surface area contributed by atoms with E-state index in [2.05, 4.69) is 5.32 Å². The van der Waals surface area contributed by atoms with E-state index >= 15 is 0 Å². The minimum absolute atomic E-state index is 0.147. The summed E-state index contributed by atoms with van der Waals surface area (Å²) >= 11 is 0. The summed E-state index contributed by atoms with van der Waals surface area (Å²) in [5.74, 6) is -0.315. The van der Waals surface area contributed by atoms with Crippen LogP contribution in [-0.2, 0) is 14.8 Å². The molecule has 1 aromatic carbocycles. The number of sulfonamides is 1. The molecule has 0 unspecified atom stereocenters. The number of hydrogen-bond donors (Lipinski definition) is 1. The van der Waals surface area contributed by atoms with Gasteiger partial charge >= 0.3 is 0 Å². The predicted molar refractivity (Wildman–Crippen MR) is 85.9 cm³/mol. The summed E-state index contributed by atoms with van der Waals surface area (Å²) in [6.07, 6.45) is 2.75. The second kappa shape index (κ2) is 7.56. The Labute approximate surface area is 127 Å². The first-order chi connectivity index (χ1) is 9.74. The highest BCUT2D eigenvalue weighted by Gasteiger charge is 2.19. The van der Waals surface area contributed by atoms with Crippen LogP contribution in [0, 0.1) is 13.8 Å². The number of benzene rings is 1. The largest absolute Gasteiger partial charge is 0.325 e. The fourth-order valence-electron chi connectivity index (χ4n) is 1.92. The van der Waals surface area contributed by atoms with Crippen LogP contribution in [0.15, 0.2) is 18.2 Å². The first-order valence-corrected chi connectivity index (χ1v) is 8.91. The zero-order chi connectivity index (χ0) is 16.0. The van der Waals surface area contributed by atoms with Crippen molar-refractivity contribution >= 4 is 21.6 Å². The van der Waals surface area contributed by atoms with Gasteiger partial charge in [-0.05, 0) is 37.5 Å². The molecule has 0 saturated heterocycles. The average Bonchev–Trinajstić information content (AvgIpc) is 2.37. The van der Waals surface area contributed by atoms with E-state index < -0.39 is 10.0 Å². The summed E-state index contributed by atoms with van der Waals surface area (Å²) in [7, 11) is -3.37. The Balaban J connectivity index is 2.76. The SMILES string of the molecule is CCCCN(CC(=O)Nc1cc(C)ccc1C)S(C)(=O)=O. The minimum atomic E-state index is -3.37. The van der Waals surface area contributed by atoms with E-state index in [1.165, 1.54) is 4.31 Å². The standard InChI is InChI=1S/C15H24N2O3S/c1-5-6-9-17(21(4,19)20)11-15(18)16-14-10-12(2)7-8-13(14)3/h7-8,10H,5-6,9,11H2,1-4H3,(H,16,18). The highest BCUT2D eigenvalue weighted by Crippen LogP contribution is 2.16. The Hall–Kier alpha value is -1.40. The van der Waals surface area contributed by atoms with Gasteiger partial charge in [-0.2, -0.15) is 4.31 Å². The molecule has 0 aliphatic carbocycles. The molecule has 1 N–H and O–H groups in total. The van der Waals surface area contributed by atoms with E-state index in [1.54, 1.807) is 0 Å². The molecular formula is C15H24N2O3S. The third-order valence-electron chi connectivity index (χ3n) is 3.22. The lowest BCUT2D eigenvalue weighted by molar-refractivity contribution is -0.116. The van der Waals surface area contributed by atoms with Gasteiger partial charge in [0.15, 0.2) is 0 Å². The van der Waals surface area contributed by atoms with E-state index in [4.69, 9.17) is 0 Å². The van der Waals surface area contributed by atoms with Crippen LogP contribution in [0.4, 0.5) is 5.69 Å². The van der Waals surface area contributed by atoms with Gasteiger partial charge in [0.05, 0.1) is 12.8 Å². The number of nitrogens with zero attached hydrogens (tertiary/aromatic N) is 1. The molecule has 0 atom stereocenters. The first-order valence-electron chi connectivity index (χ1n) is 7.06. The predicted octanol–water partition coefficient (Wildman–Crippen LogP) is 2.30. The Bertz CT molecular complexity index is 597. The van der Waals surface area contributed by atoms with Gasteiger partial charge in [-0.1, -0.05) is 25.5 Å². The fraction of sp³-hybridized carbons (Fsp3) is 0.533. The molecule has 0 bridgehead atoms. The van der Waals surface area contributed by atoms with E-state index in [0.29, 0.717) is 6.54 Å². The molecule has 0 aliphatic heterocycles. The van der Waals surface area contributed by atoms with E-state index in [1.807, 2.05) is 39.0 Å². The van der Waals surface area contributed by atoms with Crippen LogP contribution < -0.4 is 5.32 Å². The van der Waals surface area contributed by atoms with Crippen molar-refractivity contribution in [2.75, 3.05) is 24.7 Å².